The van der Waals surface area contributed by atoms with Crippen molar-refractivity contribution in [2.75, 3.05) is 19.6 Å². The lowest BCUT2D eigenvalue weighted by Crippen LogP contribution is -2.48. The first-order valence-corrected chi connectivity index (χ1v) is 10.2. The van der Waals surface area contributed by atoms with Crippen molar-refractivity contribution >= 4 is 24.0 Å². The van der Waals surface area contributed by atoms with Crippen LogP contribution in [0.5, 0.6) is 0 Å². The van der Waals surface area contributed by atoms with E-state index in [1.165, 1.54) is 0 Å². The normalized spacial score (nSPS) is 34.3. The Labute approximate surface area is 154 Å². The fourth-order valence-corrected chi connectivity index (χ4v) is 5.11. The quantitative estimate of drug-likeness (QED) is 0.743. The van der Waals surface area contributed by atoms with Gasteiger partial charge in [-0.3, -0.25) is 0 Å². The highest BCUT2D eigenvalue weighted by atomic mass is 32.1. The first-order chi connectivity index (χ1) is 11.8. The first kappa shape index (κ1) is 17.7. The first-order valence-electron chi connectivity index (χ1n) is 9.30. The van der Waals surface area contributed by atoms with Crippen molar-refractivity contribution in [3.8, 4) is 0 Å². The highest BCUT2D eigenvalue weighted by molar-refractivity contribution is 7.11. The van der Waals surface area contributed by atoms with Gasteiger partial charge in [0.15, 0.2) is 0 Å². The summed E-state index contributed by atoms with van der Waals surface area (Å²) in [6.07, 6.45) is 2.33. The molecule has 1 unspecified atom stereocenters. The Morgan fingerprint density at radius 3 is 2.32 bits per heavy atom. The second-order valence-corrected chi connectivity index (χ2v) is 9.52. The van der Waals surface area contributed by atoms with Crippen LogP contribution in [0.2, 0.25) is 0 Å². The smallest absolute Gasteiger partial charge is 0.398 e. The molecule has 0 amide bonds. The third kappa shape index (κ3) is 3.01. The van der Waals surface area contributed by atoms with E-state index in [1.807, 2.05) is 45.2 Å². The van der Waals surface area contributed by atoms with Crippen LogP contribution in [0.4, 0.5) is 4.39 Å². The fraction of sp³-hybridized carbons (Fsp3) is 0.684. The van der Waals surface area contributed by atoms with E-state index >= 15 is 4.39 Å². The van der Waals surface area contributed by atoms with Crippen molar-refractivity contribution < 1.29 is 13.7 Å². The van der Waals surface area contributed by atoms with Crippen LogP contribution in [-0.2, 0) is 9.31 Å². The van der Waals surface area contributed by atoms with Gasteiger partial charge in [0.1, 0.15) is 5.73 Å². The van der Waals surface area contributed by atoms with Crippen LogP contribution in [0, 0.1) is 11.8 Å². The van der Waals surface area contributed by atoms with Crippen LogP contribution in [0.1, 0.15) is 45.4 Å². The average molecular weight is 363 g/mol. The molecular weight excluding hydrogens is 336 g/mol. The minimum absolute atomic E-state index is 0.222. The van der Waals surface area contributed by atoms with Crippen molar-refractivity contribution in [2.24, 2.45) is 11.8 Å². The van der Waals surface area contributed by atoms with E-state index in [2.05, 4.69) is 4.90 Å². The maximum atomic E-state index is 15.7. The topological polar surface area (TPSA) is 21.7 Å². The zero-order valence-corrected chi connectivity index (χ0v) is 16.4. The number of hydrogen-bond acceptors (Lipinski definition) is 4. The van der Waals surface area contributed by atoms with Crippen LogP contribution in [0.3, 0.4) is 0 Å². The molecule has 5 rings (SSSR count). The zero-order chi connectivity index (χ0) is 17.8. The van der Waals surface area contributed by atoms with Crippen LogP contribution in [0.15, 0.2) is 23.2 Å². The minimum atomic E-state index is -0.905. The molecule has 0 radical (unpaired) electrons. The Balaban J connectivity index is 1.72. The van der Waals surface area contributed by atoms with E-state index in [4.69, 9.17) is 9.31 Å². The summed E-state index contributed by atoms with van der Waals surface area (Å²) in [5, 5.41) is 2.02. The Hall–Kier alpha value is -0.685. The third-order valence-electron chi connectivity index (χ3n) is 6.53. The van der Waals surface area contributed by atoms with Crippen molar-refractivity contribution in [1.82, 2.24) is 4.90 Å². The highest BCUT2D eigenvalue weighted by Crippen LogP contribution is 2.46. The lowest BCUT2D eigenvalue weighted by Gasteiger charge is -2.45. The Morgan fingerprint density at radius 2 is 1.84 bits per heavy atom. The SMILES string of the molecule is CC1(C)OB(C(F)=C(c2cccs2)C2CN3CCC2CC3)OC1(C)C. The predicted molar refractivity (Wildman–Crippen MR) is 101 cm³/mol. The summed E-state index contributed by atoms with van der Waals surface area (Å²) in [5.74, 6) is 0.801. The predicted octanol–water partition coefficient (Wildman–Crippen LogP) is 4.40. The van der Waals surface area contributed by atoms with Crippen LogP contribution < -0.4 is 0 Å². The molecule has 25 heavy (non-hydrogen) atoms. The van der Waals surface area contributed by atoms with Crippen LogP contribution in [-0.4, -0.2) is 42.9 Å². The molecule has 4 aliphatic heterocycles. The van der Waals surface area contributed by atoms with Crippen molar-refractivity contribution in [1.29, 1.82) is 0 Å². The molecular formula is C19H27BFNO2S. The summed E-state index contributed by atoms with van der Waals surface area (Å²) in [6.45, 7) is 11.1. The molecule has 0 N–H and O–H groups in total. The number of hydrogen-bond donors (Lipinski definition) is 0. The molecule has 2 bridgehead atoms. The van der Waals surface area contributed by atoms with E-state index in [0.717, 1.165) is 42.9 Å². The number of halogens is 1. The molecule has 4 fully saturated rings. The Bertz CT molecular complexity index is 649. The van der Waals surface area contributed by atoms with E-state index in [-0.39, 0.29) is 11.6 Å². The zero-order valence-electron chi connectivity index (χ0n) is 15.5. The summed E-state index contributed by atoms with van der Waals surface area (Å²) >= 11 is 1.61. The van der Waals surface area contributed by atoms with Gasteiger partial charge in [-0.15, -0.1) is 11.3 Å². The van der Waals surface area contributed by atoms with Gasteiger partial charge in [-0.2, -0.15) is 0 Å². The average Bonchev–Trinajstić information content (AvgIpc) is 3.15. The van der Waals surface area contributed by atoms with Gasteiger partial charge in [-0.25, -0.2) is 4.39 Å². The highest BCUT2D eigenvalue weighted by Gasteiger charge is 2.54. The third-order valence-corrected chi connectivity index (χ3v) is 7.43. The largest absolute Gasteiger partial charge is 0.525 e. The summed E-state index contributed by atoms with van der Waals surface area (Å²) < 4.78 is 27.8. The van der Waals surface area contributed by atoms with Crippen molar-refractivity contribution in [2.45, 2.75) is 51.7 Å². The van der Waals surface area contributed by atoms with Crippen LogP contribution >= 0.6 is 11.3 Å². The molecule has 4 saturated heterocycles. The van der Waals surface area contributed by atoms with Gasteiger partial charge in [0, 0.05) is 22.9 Å². The molecule has 136 valence electrons. The Kier molecular flexibility index (Phi) is 4.38. The number of fused-ring (bicyclic) bond motifs is 3. The van der Waals surface area contributed by atoms with Gasteiger partial charge in [-0.05, 0) is 71.0 Å². The van der Waals surface area contributed by atoms with Gasteiger partial charge in [0.25, 0.3) is 0 Å². The standard InChI is InChI=1S/C19H27BFNO2S/c1-18(2)19(3,4)24-20(23-18)17(21)16(15-6-5-11-25-15)14-12-22-9-7-13(14)8-10-22/h5-6,11,13-14H,7-10,12H2,1-4H3. The second kappa shape index (κ2) is 6.19. The fourth-order valence-electron chi connectivity index (χ4n) is 4.27. The van der Waals surface area contributed by atoms with E-state index in [0.29, 0.717) is 5.92 Å². The van der Waals surface area contributed by atoms with Crippen molar-refractivity contribution in [3.05, 3.63) is 28.1 Å². The Morgan fingerprint density at radius 1 is 1.20 bits per heavy atom. The van der Waals surface area contributed by atoms with Gasteiger partial charge in [-0.1, -0.05) is 6.07 Å². The summed E-state index contributed by atoms with van der Waals surface area (Å²) in [4.78, 5) is 3.49. The van der Waals surface area contributed by atoms with Gasteiger partial charge >= 0.3 is 7.12 Å². The lowest BCUT2D eigenvalue weighted by molar-refractivity contribution is 0.00578. The van der Waals surface area contributed by atoms with Gasteiger partial charge < -0.3 is 14.2 Å². The minimum Gasteiger partial charge on any atom is -0.398 e. The van der Waals surface area contributed by atoms with Crippen LogP contribution in [0.25, 0.3) is 5.57 Å². The second-order valence-electron chi connectivity index (χ2n) is 8.57. The molecule has 1 aromatic rings. The van der Waals surface area contributed by atoms with Crippen molar-refractivity contribution in [3.63, 3.8) is 0 Å². The van der Waals surface area contributed by atoms with Gasteiger partial charge in [0.2, 0.25) is 0 Å². The summed E-state index contributed by atoms with van der Waals surface area (Å²) in [6, 6.07) is 4.03. The molecule has 0 aromatic carbocycles. The number of thiophene rings is 1. The van der Waals surface area contributed by atoms with E-state index in [9.17, 15) is 0 Å². The number of piperidine rings is 3. The monoisotopic (exact) mass is 363 g/mol. The number of rotatable bonds is 3. The molecule has 5 heterocycles. The maximum Gasteiger partial charge on any atom is 0.525 e. The number of nitrogens with zero attached hydrogens (tertiary/aromatic N) is 1. The lowest BCUT2D eigenvalue weighted by atomic mass is 9.71. The van der Waals surface area contributed by atoms with E-state index in [1.54, 1.807) is 11.3 Å². The molecule has 6 heteroatoms. The summed E-state index contributed by atoms with van der Waals surface area (Å²) in [7, 11) is -0.905. The molecule has 3 nitrogen and oxygen atoms in total. The van der Waals surface area contributed by atoms with E-state index < -0.39 is 18.3 Å². The molecule has 1 atom stereocenters. The molecule has 1 aromatic heterocycles. The molecule has 4 aliphatic rings. The maximum absolute atomic E-state index is 15.7. The summed E-state index contributed by atoms with van der Waals surface area (Å²) in [5.41, 5.74) is -0.447. The molecule has 0 saturated carbocycles. The molecule has 0 spiro atoms. The molecule has 0 aliphatic carbocycles. The van der Waals surface area contributed by atoms with Gasteiger partial charge in [0.05, 0.1) is 11.2 Å².